The average Bonchev–Trinajstić information content (AvgIpc) is 2.40. The predicted molar refractivity (Wildman–Crippen MR) is 87.0 cm³/mol. The van der Waals surface area contributed by atoms with Gasteiger partial charge >= 0.3 is 0 Å². The van der Waals surface area contributed by atoms with Gasteiger partial charge in [-0.05, 0) is 45.2 Å². The molecule has 0 bridgehead atoms. The second-order valence-corrected chi connectivity index (χ2v) is 6.55. The summed E-state index contributed by atoms with van der Waals surface area (Å²) in [5.41, 5.74) is 4.14. The number of aryl methyl sites for hydroxylation is 1. The van der Waals surface area contributed by atoms with E-state index >= 15 is 0 Å². The van der Waals surface area contributed by atoms with Gasteiger partial charge in [-0.2, -0.15) is 0 Å². The van der Waals surface area contributed by atoms with Crippen molar-refractivity contribution in [3.05, 3.63) is 71.3 Å². The summed E-state index contributed by atoms with van der Waals surface area (Å²) in [5, 5.41) is 3.74. The Morgan fingerprint density at radius 2 is 1.50 bits per heavy atom. The molecule has 0 saturated heterocycles. The zero-order valence-electron chi connectivity index (χ0n) is 13.0. The summed E-state index contributed by atoms with van der Waals surface area (Å²) in [7, 11) is 0. The van der Waals surface area contributed by atoms with E-state index in [1.807, 2.05) is 0 Å². The van der Waals surface area contributed by atoms with Crippen molar-refractivity contribution in [3.8, 4) is 0 Å². The molecule has 20 heavy (non-hydrogen) atoms. The van der Waals surface area contributed by atoms with Gasteiger partial charge in [-0.1, -0.05) is 60.2 Å². The lowest BCUT2D eigenvalue weighted by molar-refractivity contribution is 0.361. The van der Waals surface area contributed by atoms with Crippen LogP contribution in [0.2, 0.25) is 0 Å². The Morgan fingerprint density at radius 1 is 0.900 bits per heavy atom. The molecule has 0 aliphatic carbocycles. The number of benzene rings is 2. The molecule has 106 valence electrons. The number of hydrogen-bond donors (Lipinski definition) is 1. The van der Waals surface area contributed by atoms with Gasteiger partial charge in [0.2, 0.25) is 0 Å². The van der Waals surface area contributed by atoms with Gasteiger partial charge < -0.3 is 5.32 Å². The Bertz CT molecular complexity index is 520. The fourth-order valence-corrected chi connectivity index (χ4v) is 2.42. The zero-order chi connectivity index (χ0) is 14.6. The molecular weight excluding hydrogens is 242 g/mol. The van der Waals surface area contributed by atoms with Gasteiger partial charge in [-0.3, -0.25) is 0 Å². The van der Waals surface area contributed by atoms with Crippen LogP contribution in [0.1, 0.15) is 43.5 Å². The normalized spacial score (nSPS) is 13.2. The van der Waals surface area contributed by atoms with E-state index < -0.39 is 0 Å². The fourth-order valence-electron chi connectivity index (χ4n) is 2.42. The molecule has 0 fully saturated rings. The number of hydrogen-bond acceptors (Lipinski definition) is 1. The molecule has 2 rings (SSSR count). The van der Waals surface area contributed by atoms with Crippen LogP contribution in [-0.4, -0.2) is 5.54 Å². The van der Waals surface area contributed by atoms with Crippen LogP contribution >= 0.6 is 0 Å². The van der Waals surface area contributed by atoms with Crippen LogP contribution in [0.25, 0.3) is 0 Å². The van der Waals surface area contributed by atoms with Crippen molar-refractivity contribution < 1.29 is 0 Å². The van der Waals surface area contributed by atoms with E-state index in [1.54, 1.807) is 0 Å². The van der Waals surface area contributed by atoms with Crippen molar-refractivity contribution in [2.24, 2.45) is 0 Å². The van der Waals surface area contributed by atoms with E-state index in [0.29, 0.717) is 6.04 Å². The maximum Gasteiger partial charge on any atom is 0.0365 e. The maximum atomic E-state index is 3.74. The smallest absolute Gasteiger partial charge is 0.0365 e. The van der Waals surface area contributed by atoms with Gasteiger partial charge in [-0.15, -0.1) is 0 Å². The van der Waals surface area contributed by atoms with Crippen LogP contribution in [-0.2, 0) is 6.42 Å². The summed E-state index contributed by atoms with van der Waals surface area (Å²) >= 11 is 0. The number of rotatable bonds is 4. The lowest BCUT2D eigenvalue weighted by atomic mass is 9.95. The Kier molecular flexibility index (Phi) is 4.61. The van der Waals surface area contributed by atoms with Gasteiger partial charge in [0.25, 0.3) is 0 Å². The molecule has 0 aliphatic rings. The van der Waals surface area contributed by atoms with Crippen LogP contribution in [0.5, 0.6) is 0 Å². The molecule has 1 atom stereocenters. The first-order valence-corrected chi connectivity index (χ1v) is 7.32. The predicted octanol–water partition coefficient (Wildman–Crippen LogP) is 4.67. The minimum absolute atomic E-state index is 0.102. The Balaban J connectivity index is 2.20. The monoisotopic (exact) mass is 267 g/mol. The summed E-state index contributed by atoms with van der Waals surface area (Å²) in [6.07, 6.45) is 1.02. The van der Waals surface area contributed by atoms with Crippen molar-refractivity contribution >= 4 is 0 Å². The minimum atomic E-state index is 0.102. The number of nitrogens with one attached hydrogen (secondary N) is 1. The van der Waals surface area contributed by atoms with Crippen LogP contribution in [0.3, 0.4) is 0 Å². The largest absolute Gasteiger partial charge is 0.305 e. The highest BCUT2D eigenvalue weighted by Gasteiger charge is 2.19. The molecule has 1 heteroatoms. The molecule has 1 N–H and O–H groups in total. The standard InChI is InChI=1S/C19H25N/c1-15-10-12-16(13-11-15)14-18(20-19(2,3)4)17-8-6-5-7-9-17/h5-13,18,20H,14H2,1-4H3/t18-/m0/s1. The highest BCUT2D eigenvalue weighted by molar-refractivity contribution is 5.26. The Labute approximate surface area is 123 Å². The molecule has 0 spiro atoms. The van der Waals surface area contributed by atoms with Gasteiger partial charge in [0.15, 0.2) is 0 Å². The second-order valence-electron chi connectivity index (χ2n) is 6.55. The molecule has 0 heterocycles. The van der Waals surface area contributed by atoms with E-state index in [4.69, 9.17) is 0 Å². The molecule has 0 amide bonds. The summed E-state index contributed by atoms with van der Waals surface area (Å²) < 4.78 is 0. The third-order valence-electron chi connectivity index (χ3n) is 3.37. The summed E-state index contributed by atoms with van der Waals surface area (Å²) in [5.74, 6) is 0. The molecule has 2 aromatic rings. The fraction of sp³-hybridized carbons (Fsp3) is 0.368. The van der Waals surface area contributed by atoms with Crippen molar-refractivity contribution in [1.29, 1.82) is 0 Å². The first-order valence-electron chi connectivity index (χ1n) is 7.32. The summed E-state index contributed by atoms with van der Waals surface area (Å²) in [6, 6.07) is 19.9. The Morgan fingerprint density at radius 3 is 2.05 bits per heavy atom. The molecule has 0 unspecified atom stereocenters. The SMILES string of the molecule is Cc1ccc(C[C@H](NC(C)(C)C)c2ccccc2)cc1. The van der Waals surface area contributed by atoms with Crippen molar-refractivity contribution in [3.63, 3.8) is 0 Å². The highest BCUT2D eigenvalue weighted by Crippen LogP contribution is 2.21. The van der Waals surface area contributed by atoms with Gasteiger partial charge in [-0.25, -0.2) is 0 Å². The molecule has 2 aromatic carbocycles. The van der Waals surface area contributed by atoms with Gasteiger partial charge in [0.05, 0.1) is 0 Å². The molecule has 1 nitrogen and oxygen atoms in total. The zero-order valence-corrected chi connectivity index (χ0v) is 13.0. The molecule has 0 radical (unpaired) electrons. The van der Waals surface area contributed by atoms with Crippen molar-refractivity contribution in [2.45, 2.75) is 45.7 Å². The van der Waals surface area contributed by atoms with Crippen LogP contribution in [0.4, 0.5) is 0 Å². The quantitative estimate of drug-likeness (QED) is 0.849. The van der Waals surface area contributed by atoms with Gasteiger partial charge in [0, 0.05) is 11.6 Å². The highest BCUT2D eigenvalue weighted by atomic mass is 15.0. The molecular formula is C19H25N. The first-order chi connectivity index (χ1) is 9.44. The topological polar surface area (TPSA) is 12.0 Å². The van der Waals surface area contributed by atoms with Crippen LogP contribution in [0.15, 0.2) is 54.6 Å². The minimum Gasteiger partial charge on any atom is -0.305 e. The van der Waals surface area contributed by atoms with Crippen LogP contribution in [0, 0.1) is 6.92 Å². The lowest BCUT2D eigenvalue weighted by Gasteiger charge is -2.29. The molecule has 0 aromatic heterocycles. The third kappa shape index (κ3) is 4.50. The van der Waals surface area contributed by atoms with E-state index in [2.05, 4.69) is 87.6 Å². The summed E-state index contributed by atoms with van der Waals surface area (Å²) in [6.45, 7) is 8.79. The first kappa shape index (κ1) is 14.8. The van der Waals surface area contributed by atoms with E-state index in [9.17, 15) is 0 Å². The van der Waals surface area contributed by atoms with Crippen molar-refractivity contribution in [1.82, 2.24) is 5.32 Å². The lowest BCUT2D eigenvalue weighted by Crippen LogP contribution is -2.39. The second kappa shape index (κ2) is 6.23. The third-order valence-corrected chi connectivity index (χ3v) is 3.37. The van der Waals surface area contributed by atoms with Gasteiger partial charge in [0.1, 0.15) is 0 Å². The molecule has 0 aliphatic heterocycles. The molecule has 0 saturated carbocycles. The van der Waals surface area contributed by atoms with E-state index in [0.717, 1.165) is 6.42 Å². The van der Waals surface area contributed by atoms with Crippen molar-refractivity contribution in [2.75, 3.05) is 0 Å². The van der Waals surface area contributed by atoms with Crippen LogP contribution < -0.4 is 5.32 Å². The van der Waals surface area contributed by atoms with E-state index in [-0.39, 0.29) is 5.54 Å². The average molecular weight is 267 g/mol. The maximum absolute atomic E-state index is 3.74. The summed E-state index contributed by atoms with van der Waals surface area (Å²) in [4.78, 5) is 0. The van der Waals surface area contributed by atoms with E-state index in [1.165, 1.54) is 16.7 Å². The Hall–Kier alpha value is -1.60.